The van der Waals surface area contributed by atoms with E-state index in [1.54, 1.807) is 0 Å². The molecular formula is C14H18F5O3P. The highest BCUT2D eigenvalue weighted by Gasteiger charge is 2.60. The molecule has 132 valence electrons. The summed E-state index contributed by atoms with van der Waals surface area (Å²) in [5.41, 5.74) is -0.785. The predicted molar refractivity (Wildman–Crippen MR) is 76.4 cm³/mol. The van der Waals surface area contributed by atoms with Gasteiger partial charge in [-0.3, -0.25) is 4.57 Å². The van der Waals surface area contributed by atoms with Crippen LogP contribution in [0.5, 0.6) is 0 Å². The van der Waals surface area contributed by atoms with Gasteiger partial charge in [0.15, 0.2) is 0 Å². The van der Waals surface area contributed by atoms with E-state index < -0.39 is 30.6 Å². The van der Waals surface area contributed by atoms with Crippen LogP contribution in [-0.2, 0) is 19.5 Å². The van der Waals surface area contributed by atoms with Gasteiger partial charge in [-0.15, -0.1) is 0 Å². The Balaban J connectivity index is 3.72. The lowest BCUT2D eigenvalue weighted by Crippen LogP contribution is -2.38. The number of hydrogen-bond acceptors (Lipinski definition) is 3. The normalized spacial score (nSPS) is 13.4. The molecule has 0 aliphatic rings. The van der Waals surface area contributed by atoms with Crippen LogP contribution in [0, 0.1) is 13.8 Å². The van der Waals surface area contributed by atoms with Crippen molar-refractivity contribution in [3.05, 3.63) is 28.8 Å². The van der Waals surface area contributed by atoms with Crippen LogP contribution in [0.3, 0.4) is 0 Å². The highest BCUT2D eigenvalue weighted by molar-refractivity contribution is 7.62. The zero-order valence-corrected chi connectivity index (χ0v) is 14.0. The van der Waals surface area contributed by atoms with Gasteiger partial charge in [-0.2, -0.15) is 22.0 Å². The van der Waals surface area contributed by atoms with Crippen LogP contribution in [0.15, 0.2) is 12.1 Å². The highest BCUT2D eigenvalue weighted by Crippen LogP contribution is 2.52. The maximum atomic E-state index is 13.9. The lowest BCUT2D eigenvalue weighted by Gasteiger charge is -2.26. The first-order valence-corrected chi connectivity index (χ1v) is 8.41. The average molecular weight is 360 g/mol. The summed E-state index contributed by atoms with van der Waals surface area (Å²) in [5.74, 6) is -5.18. The number of alkyl halides is 5. The molecule has 0 saturated carbocycles. The summed E-state index contributed by atoms with van der Waals surface area (Å²) >= 11 is 0. The number of benzene rings is 1. The lowest BCUT2D eigenvalue weighted by molar-refractivity contribution is -0.289. The van der Waals surface area contributed by atoms with E-state index in [0.717, 1.165) is 6.07 Å². The zero-order valence-electron chi connectivity index (χ0n) is 13.1. The first-order chi connectivity index (χ1) is 10.4. The molecule has 9 heteroatoms. The molecule has 0 radical (unpaired) electrons. The Kier molecular flexibility index (Phi) is 5.99. The largest absolute Gasteiger partial charge is 0.458 e. The summed E-state index contributed by atoms with van der Waals surface area (Å²) in [5, 5.41) is -0.758. The van der Waals surface area contributed by atoms with Crippen molar-refractivity contribution in [2.24, 2.45) is 0 Å². The Hall–Kier alpha value is -0.980. The molecular weight excluding hydrogens is 342 g/mol. The molecule has 0 aliphatic heterocycles. The zero-order chi connectivity index (χ0) is 18.1. The Labute approximate surface area is 131 Å². The van der Waals surface area contributed by atoms with E-state index >= 15 is 0 Å². The van der Waals surface area contributed by atoms with Gasteiger partial charge in [-0.25, -0.2) is 0 Å². The molecule has 0 atom stereocenters. The van der Waals surface area contributed by atoms with Gasteiger partial charge in [-0.1, -0.05) is 0 Å². The monoisotopic (exact) mass is 360 g/mol. The van der Waals surface area contributed by atoms with E-state index in [4.69, 9.17) is 9.05 Å². The molecule has 1 aromatic rings. The van der Waals surface area contributed by atoms with E-state index in [9.17, 15) is 26.5 Å². The van der Waals surface area contributed by atoms with Crippen molar-refractivity contribution in [2.45, 2.75) is 39.8 Å². The van der Waals surface area contributed by atoms with Crippen LogP contribution < -0.4 is 5.30 Å². The molecule has 0 saturated heterocycles. The molecule has 0 unspecified atom stereocenters. The molecule has 0 aromatic heterocycles. The third-order valence-electron chi connectivity index (χ3n) is 3.20. The summed E-state index contributed by atoms with van der Waals surface area (Å²) in [4.78, 5) is 0. The van der Waals surface area contributed by atoms with Gasteiger partial charge in [0, 0.05) is 5.56 Å². The van der Waals surface area contributed by atoms with Crippen molar-refractivity contribution < 1.29 is 35.6 Å². The molecule has 0 N–H and O–H groups in total. The fourth-order valence-corrected chi connectivity index (χ4v) is 3.83. The van der Waals surface area contributed by atoms with Crippen LogP contribution in [-0.4, -0.2) is 19.4 Å². The topological polar surface area (TPSA) is 35.5 Å². The second kappa shape index (κ2) is 6.87. The Morgan fingerprint density at radius 3 is 1.78 bits per heavy atom. The van der Waals surface area contributed by atoms with Gasteiger partial charge in [0.1, 0.15) is 0 Å². The molecule has 3 nitrogen and oxygen atoms in total. The minimum atomic E-state index is -5.83. The number of aryl methyl sites for hydroxylation is 2. The third-order valence-corrected chi connectivity index (χ3v) is 5.36. The van der Waals surface area contributed by atoms with E-state index in [1.807, 2.05) is 0 Å². The lowest BCUT2D eigenvalue weighted by atomic mass is 10.0. The minimum absolute atomic E-state index is 0.165. The molecule has 1 aromatic carbocycles. The number of hydrogen-bond donors (Lipinski definition) is 0. The molecule has 0 amide bonds. The van der Waals surface area contributed by atoms with Crippen LogP contribution in [0.2, 0.25) is 0 Å². The maximum absolute atomic E-state index is 13.9. The first kappa shape index (κ1) is 20.1. The van der Waals surface area contributed by atoms with E-state index in [-0.39, 0.29) is 18.8 Å². The van der Waals surface area contributed by atoms with Gasteiger partial charge in [0.05, 0.1) is 18.5 Å². The number of rotatable bonds is 6. The highest BCUT2D eigenvalue weighted by atomic mass is 31.2. The van der Waals surface area contributed by atoms with Crippen molar-refractivity contribution >= 4 is 12.9 Å². The summed E-state index contributed by atoms with van der Waals surface area (Å²) in [6.07, 6.45) is -5.83. The van der Waals surface area contributed by atoms with Gasteiger partial charge in [-0.05, 0) is 51.0 Å². The summed E-state index contributed by atoms with van der Waals surface area (Å²) < 4.78 is 88.7. The van der Waals surface area contributed by atoms with E-state index in [2.05, 4.69) is 0 Å². The molecule has 0 heterocycles. The first-order valence-electron chi connectivity index (χ1n) is 6.86. The SMILES string of the molecule is CCOP(=O)(OCC)c1cc(C)c(C)cc1C(F)(F)C(F)(F)F. The fraction of sp³-hybridized carbons (Fsp3) is 0.571. The third kappa shape index (κ3) is 3.92. The van der Waals surface area contributed by atoms with Gasteiger partial charge in [0.2, 0.25) is 0 Å². The summed E-state index contributed by atoms with van der Waals surface area (Å²) in [6.45, 7) is 5.45. The van der Waals surface area contributed by atoms with Gasteiger partial charge < -0.3 is 9.05 Å². The Morgan fingerprint density at radius 2 is 1.39 bits per heavy atom. The van der Waals surface area contributed by atoms with Crippen LogP contribution in [0.25, 0.3) is 0 Å². The molecule has 0 bridgehead atoms. The van der Waals surface area contributed by atoms with Gasteiger partial charge >= 0.3 is 19.7 Å². The average Bonchev–Trinajstić information content (AvgIpc) is 2.40. The second-order valence-corrected chi connectivity index (χ2v) is 6.85. The Bertz CT molecular complexity index is 603. The quantitative estimate of drug-likeness (QED) is 0.537. The van der Waals surface area contributed by atoms with Crippen LogP contribution in [0.4, 0.5) is 22.0 Å². The summed E-state index contributed by atoms with van der Waals surface area (Å²) in [6, 6.07) is 1.69. The number of halogens is 5. The molecule has 1 rings (SSSR count). The smallest absolute Gasteiger partial charge is 0.305 e. The van der Waals surface area contributed by atoms with Crippen LogP contribution in [0.1, 0.15) is 30.5 Å². The maximum Gasteiger partial charge on any atom is 0.458 e. The van der Waals surface area contributed by atoms with Crippen molar-refractivity contribution in [1.29, 1.82) is 0 Å². The molecule has 23 heavy (non-hydrogen) atoms. The van der Waals surface area contributed by atoms with Crippen molar-refractivity contribution in [3.8, 4) is 0 Å². The minimum Gasteiger partial charge on any atom is -0.305 e. The molecule has 0 spiro atoms. The van der Waals surface area contributed by atoms with Gasteiger partial charge in [0.25, 0.3) is 0 Å². The van der Waals surface area contributed by atoms with E-state index in [1.165, 1.54) is 27.7 Å². The van der Waals surface area contributed by atoms with Crippen molar-refractivity contribution in [2.75, 3.05) is 13.2 Å². The van der Waals surface area contributed by atoms with Crippen LogP contribution >= 0.6 is 7.60 Å². The fourth-order valence-electron chi connectivity index (χ4n) is 1.95. The van der Waals surface area contributed by atoms with E-state index in [0.29, 0.717) is 11.6 Å². The standard InChI is InChI=1S/C14H18F5O3P/c1-5-21-23(20,22-6-2)12-8-10(4)9(3)7-11(12)13(15,16)14(17,18)19/h7-8H,5-6H2,1-4H3. The van der Waals surface area contributed by atoms with Crippen molar-refractivity contribution in [1.82, 2.24) is 0 Å². The second-order valence-electron chi connectivity index (χ2n) is 4.86. The predicted octanol–water partition coefficient (Wildman–Crippen LogP) is 4.85. The van der Waals surface area contributed by atoms with Crippen molar-refractivity contribution in [3.63, 3.8) is 0 Å². The molecule has 0 fully saturated rings. The Morgan fingerprint density at radius 1 is 0.957 bits per heavy atom. The summed E-state index contributed by atoms with van der Waals surface area (Å²) in [7, 11) is -4.30. The molecule has 0 aliphatic carbocycles.